The molecule has 1 amide bonds. The minimum atomic E-state index is -0.323. The summed E-state index contributed by atoms with van der Waals surface area (Å²) in [4.78, 5) is 16.9. The van der Waals surface area contributed by atoms with Crippen molar-refractivity contribution in [2.45, 2.75) is 6.10 Å². The van der Waals surface area contributed by atoms with E-state index in [1.54, 1.807) is 18.3 Å². The minimum Gasteiger partial charge on any atom is -0.484 e. The summed E-state index contributed by atoms with van der Waals surface area (Å²) < 4.78 is 5.37. The third-order valence-electron chi connectivity index (χ3n) is 4.16. The van der Waals surface area contributed by atoms with Crippen molar-refractivity contribution < 1.29 is 14.4 Å². The number of carbonyl (C=O) groups excluding carboxylic acids is 1. The van der Waals surface area contributed by atoms with E-state index < -0.39 is 0 Å². The number of benzene rings is 3. The molecule has 1 unspecified atom stereocenters. The van der Waals surface area contributed by atoms with Crippen molar-refractivity contribution in [2.75, 3.05) is 6.61 Å². The van der Waals surface area contributed by atoms with Gasteiger partial charge in [0.05, 0.1) is 0 Å². The second-order valence-corrected chi connectivity index (χ2v) is 6.22. The lowest BCUT2D eigenvalue weighted by atomic mass is 10.0. The Hall–Kier alpha value is -3.61. The standard InChI is InChI=1S/C23H23N3O3/c24-29-23(19-7-3-1-4-8-19)20-13-11-18(12-14-20)15-16-25-26-22(27)17-28-21-9-5-2-6-10-21/h1-16,23,25H,17,24H2,(H,26,27)/b16-15+. The Morgan fingerprint density at radius 1 is 0.897 bits per heavy atom. The molecule has 0 aliphatic carbocycles. The zero-order valence-electron chi connectivity index (χ0n) is 15.8. The molecule has 0 radical (unpaired) electrons. The fourth-order valence-electron chi connectivity index (χ4n) is 2.72. The number of rotatable bonds is 9. The Balaban J connectivity index is 1.46. The summed E-state index contributed by atoms with van der Waals surface area (Å²) in [5.74, 6) is 5.86. The second kappa shape index (κ2) is 10.7. The third-order valence-corrected chi connectivity index (χ3v) is 4.16. The van der Waals surface area contributed by atoms with E-state index in [-0.39, 0.29) is 18.6 Å². The van der Waals surface area contributed by atoms with Gasteiger partial charge in [0.15, 0.2) is 6.61 Å². The van der Waals surface area contributed by atoms with Crippen LogP contribution in [-0.4, -0.2) is 12.5 Å². The van der Waals surface area contributed by atoms with Gasteiger partial charge >= 0.3 is 0 Å². The molecule has 0 fully saturated rings. The fraction of sp³-hybridized carbons (Fsp3) is 0.0870. The highest BCUT2D eigenvalue weighted by Crippen LogP contribution is 2.24. The van der Waals surface area contributed by atoms with Crippen molar-refractivity contribution in [1.29, 1.82) is 0 Å². The van der Waals surface area contributed by atoms with E-state index in [0.717, 1.165) is 16.7 Å². The van der Waals surface area contributed by atoms with Crippen LogP contribution in [0.1, 0.15) is 22.8 Å². The second-order valence-electron chi connectivity index (χ2n) is 6.22. The van der Waals surface area contributed by atoms with Gasteiger partial charge in [0, 0.05) is 6.20 Å². The van der Waals surface area contributed by atoms with Crippen molar-refractivity contribution >= 4 is 12.0 Å². The Morgan fingerprint density at radius 3 is 2.17 bits per heavy atom. The van der Waals surface area contributed by atoms with Crippen LogP contribution in [0.5, 0.6) is 5.75 Å². The molecule has 0 aliphatic rings. The number of amides is 1. The molecule has 4 N–H and O–H groups in total. The average Bonchev–Trinajstić information content (AvgIpc) is 2.78. The predicted molar refractivity (Wildman–Crippen MR) is 112 cm³/mol. The van der Waals surface area contributed by atoms with Crippen molar-refractivity contribution in [3.05, 3.63) is 108 Å². The van der Waals surface area contributed by atoms with Crippen molar-refractivity contribution in [3.63, 3.8) is 0 Å². The Labute approximate surface area is 169 Å². The highest BCUT2D eigenvalue weighted by Gasteiger charge is 2.13. The lowest BCUT2D eigenvalue weighted by Crippen LogP contribution is -2.37. The van der Waals surface area contributed by atoms with Gasteiger partial charge in [0.25, 0.3) is 5.91 Å². The zero-order valence-corrected chi connectivity index (χ0v) is 15.8. The lowest BCUT2D eigenvalue weighted by molar-refractivity contribution is -0.123. The lowest BCUT2D eigenvalue weighted by Gasteiger charge is -2.15. The van der Waals surface area contributed by atoms with Crippen LogP contribution in [-0.2, 0) is 9.63 Å². The van der Waals surface area contributed by atoms with Crippen molar-refractivity contribution in [2.24, 2.45) is 5.90 Å². The molecule has 0 spiro atoms. The van der Waals surface area contributed by atoms with Gasteiger partial charge in [-0.15, -0.1) is 0 Å². The van der Waals surface area contributed by atoms with E-state index in [1.165, 1.54) is 0 Å². The summed E-state index contributed by atoms with van der Waals surface area (Å²) in [7, 11) is 0. The molecule has 0 saturated heterocycles. The van der Waals surface area contributed by atoms with Gasteiger partial charge in [0.2, 0.25) is 0 Å². The van der Waals surface area contributed by atoms with Crippen LogP contribution in [0.3, 0.4) is 0 Å². The largest absolute Gasteiger partial charge is 0.484 e. The number of nitrogens with one attached hydrogen (secondary N) is 2. The van der Waals surface area contributed by atoms with Crippen molar-refractivity contribution in [1.82, 2.24) is 10.9 Å². The van der Waals surface area contributed by atoms with Crippen LogP contribution < -0.4 is 21.5 Å². The van der Waals surface area contributed by atoms with Crippen LogP contribution in [0.25, 0.3) is 6.08 Å². The van der Waals surface area contributed by atoms with Crippen molar-refractivity contribution in [3.8, 4) is 5.75 Å². The molecule has 3 aromatic rings. The molecule has 0 aliphatic heterocycles. The molecular weight excluding hydrogens is 366 g/mol. The molecular formula is C23H23N3O3. The maximum atomic E-state index is 11.8. The molecule has 0 saturated carbocycles. The number of para-hydroxylation sites is 1. The van der Waals surface area contributed by atoms with Crippen LogP contribution in [0, 0.1) is 0 Å². The van der Waals surface area contributed by atoms with Gasteiger partial charge in [-0.05, 0) is 34.9 Å². The molecule has 0 heterocycles. The highest BCUT2D eigenvalue weighted by molar-refractivity contribution is 5.77. The normalized spacial score (nSPS) is 11.8. The topological polar surface area (TPSA) is 85.6 Å². The van der Waals surface area contributed by atoms with Crippen LogP contribution in [0.4, 0.5) is 0 Å². The summed E-state index contributed by atoms with van der Waals surface area (Å²) in [5.41, 5.74) is 8.18. The van der Waals surface area contributed by atoms with Gasteiger partial charge in [-0.1, -0.05) is 72.8 Å². The highest BCUT2D eigenvalue weighted by atomic mass is 16.6. The molecule has 6 nitrogen and oxygen atoms in total. The number of ether oxygens (including phenoxy) is 1. The first kappa shape index (κ1) is 20.1. The van der Waals surface area contributed by atoms with E-state index in [4.69, 9.17) is 15.5 Å². The van der Waals surface area contributed by atoms with Crippen LogP contribution >= 0.6 is 0 Å². The quantitative estimate of drug-likeness (QED) is 0.489. The summed E-state index contributed by atoms with van der Waals surface area (Å²) in [6.45, 7) is -0.0699. The molecule has 3 aromatic carbocycles. The summed E-state index contributed by atoms with van der Waals surface area (Å²) >= 11 is 0. The summed E-state index contributed by atoms with van der Waals surface area (Å²) in [5, 5.41) is 0. The van der Waals surface area contributed by atoms with E-state index in [9.17, 15) is 4.79 Å². The van der Waals surface area contributed by atoms with Gasteiger partial charge < -0.3 is 10.2 Å². The molecule has 0 bridgehead atoms. The monoisotopic (exact) mass is 389 g/mol. The van der Waals surface area contributed by atoms with Gasteiger partial charge in [-0.3, -0.25) is 15.1 Å². The SMILES string of the molecule is NOC(c1ccccc1)c1ccc(/C=C/NNC(=O)COc2ccccc2)cc1. The first-order chi connectivity index (χ1) is 14.3. The number of hydrogen-bond acceptors (Lipinski definition) is 5. The summed E-state index contributed by atoms with van der Waals surface area (Å²) in [6, 6.07) is 26.8. The molecule has 148 valence electrons. The van der Waals surface area contributed by atoms with Crippen LogP contribution in [0.15, 0.2) is 91.1 Å². The van der Waals surface area contributed by atoms with Crippen LogP contribution in [0.2, 0.25) is 0 Å². The smallest absolute Gasteiger partial charge is 0.276 e. The van der Waals surface area contributed by atoms with E-state index in [1.807, 2.05) is 78.9 Å². The number of hydrazine groups is 1. The Bertz CT molecular complexity index is 913. The average molecular weight is 389 g/mol. The first-order valence-electron chi connectivity index (χ1n) is 9.15. The van der Waals surface area contributed by atoms with E-state index in [0.29, 0.717) is 5.75 Å². The van der Waals surface area contributed by atoms with Gasteiger partial charge in [-0.2, -0.15) is 0 Å². The molecule has 6 heteroatoms. The van der Waals surface area contributed by atoms with E-state index >= 15 is 0 Å². The van der Waals surface area contributed by atoms with E-state index in [2.05, 4.69) is 10.9 Å². The predicted octanol–water partition coefficient (Wildman–Crippen LogP) is 3.34. The maximum absolute atomic E-state index is 11.8. The first-order valence-corrected chi connectivity index (χ1v) is 9.15. The molecule has 3 rings (SSSR count). The maximum Gasteiger partial charge on any atom is 0.276 e. The number of hydrogen-bond donors (Lipinski definition) is 3. The Kier molecular flexibility index (Phi) is 7.40. The zero-order chi connectivity index (χ0) is 20.3. The number of nitrogens with two attached hydrogens (primary N) is 1. The van der Waals surface area contributed by atoms with Gasteiger partial charge in [0.1, 0.15) is 11.9 Å². The van der Waals surface area contributed by atoms with Gasteiger partial charge in [-0.25, -0.2) is 5.90 Å². The molecule has 1 atom stereocenters. The fourth-order valence-corrected chi connectivity index (χ4v) is 2.72. The molecule has 0 aromatic heterocycles. The molecule has 29 heavy (non-hydrogen) atoms. The Morgan fingerprint density at radius 2 is 1.52 bits per heavy atom. The minimum absolute atomic E-state index is 0.0699. The third kappa shape index (κ3) is 6.21. The summed E-state index contributed by atoms with van der Waals surface area (Å²) in [6.07, 6.45) is 3.16. The number of carbonyl (C=O) groups is 1.